The van der Waals surface area contributed by atoms with E-state index in [0.29, 0.717) is 11.7 Å². The smallest absolute Gasteiger partial charge is 0.168 e. The molecule has 2 heteroatoms. The number of aromatic amines is 1. The van der Waals surface area contributed by atoms with Gasteiger partial charge in [0.1, 0.15) is 0 Å². The summed E-state index contributed by atoms with van der Waals surface area (Å²) in [6.07, 6.45) is 5.22. The number of Topliss-reactive ketones (excluding diaryl/α,β-unsaturated/α-hetero) is 1. The Balaban J connectivity index is 2.05. The summed E-state index contributed by atoms with van der Waals surface area (Å²) >= 11 is 0. The van der Waals surface area contributed by atoms with Crippen LogP contribution in [0.15, 0.2) is 24.4 Å². The molecule has 0 aliphatic heterocycles. The van der Waals surface area contributed by atoms with E-state index in [4.69, 9.17) is 0 Å². The highest BCUT2D eigenvalue weighted by molar-refractivity contribution is 6.09. The molecule has 1 N–H and O–H groups in total. The summed E-state index contributed by atoms with van der Waals surface area (Å²) in [6, 6.07) is 6.39. The van der Waals surface area contributed by atoms with E-state index >= 15 is 0 Å². The van der Waals surface area contributed by atoms with Crippen LogP contribution in [0.3, 0.4) is 0 Å². The van der Waals surface area contributed by atoms with Gasteiger partial charge in [-0.3, -0.25) is 4.79 Å². The van der Waals surface area contributed by atoms with Gasteiger partial charge in [0.15, 0.2) is 5.78 Å². The van der Waals surface area contributed by atoms with Crippen LogP contribution in [0.1, 0.15) is 54.9 Å². The first kappa shape index (κ1) is 11.5. The highest BCUT2D eigenvalue weighted by Crippen LogP contribution is 2.32. The minimum absolute atomic E-state index is 0.270. The molecule has 0 bridgehead atoms. The minimum Gasteiger partial charge on any atom is -0.360 e. The third-order valence-electron chi connectivity index (χ3n) is 4.11. The maximum atomic E-state index is 12.4. The third-order valence-corrected chi connectivity index (χ3v) is 4.11. The Bertz CT molecular complexity index is 590. The summed E-state index contributed by atoms with van der Waals surface area (Å²) in [5.41, 5.74) is 3.25. The average Bonchev–Trinajstić information content (AvgIpc) is 2.68. The molecule has 3 rings (SSSR count). The summed E-state index contributed by atoms with van der Waals surface area (Å²) in [6.45, 7) is 4.36. The van der Waals surface area contributed by atoms with Crippen molar-refractivity contribution in [2.75, 3.05) is 0 Å². The number of aromatic nitrogens is 1. The zero-order chi connectivity index (χ0) is 12.7. The van der Waals surface area contributed by atoms with Gasteiger partial charge in [-0.2, -0.15) is 0 Å². The number of carbonyl (C=O) groups excluding carboxylic acids is 1. The van der Waals surface area contributed by atoms with Gasteiger partial charge in [0, 0.05) is 28.6 Å². The second kappa shape index (κ2) is 4.27. The standard InChI is InChI=1S/C16H19NO/c1-10(2)12-6-7-15-13(8-12)14(9-17-15)16(18)11-4-3-5-11/h6-11,17H,3-5H2,1-2H3. The first-order chi connectivity index (χ1) is 8.66. The number of nitrogens with one attached hydrogen (secondary N) is 1. The van der Waals surface area contributed by atoms with Gasteiger partial charge in [0.2, 0.25) is 0 Å². The molecule has 1 heterocycles. The van der Waals surface area contributed by atoms with Crippen molar-refractivity contribution in [2.45, 2.75) is 39.0 Å². The van der Waals surface area contributed by atoms with E-state index in [9.17, 15) is 4.79 Å². The minimum atomic E-state index is 0.270. The fraction of sp³-hybridized carbons (Fsp3) is 0.438. The fourth-order valence-corrected chi connectivity index (χ4v) is 2.59. The normalized spacial score (nSPS) is 16.2. The lowest BCUT2D eigenvalue weighted by atomic mass is 9.80. The molecule has 1 aliphatic rings. The second-order valence-electron chi connectivity index (χ2n) is 5.65. The molecule has 1 aromatic carbocycles. The predicted molar refractivity (Wildman–Crippen MR) is 74.1 cm³/mol. The quantitative estimate of drug-likeness (QED) is 0.799. The fourth-order valence-electron chi connectivity index (χ4n) is 2.59. The Morgan fingerprint density at radius 2 is 2.11 bits per heavy atom. The van der Waals surface area contributed by atoms with Crippen LogP contribution in [0.2, 0.25) is 0 Å². The van der Waals surface area contributed by atoms with E-state index < -0.39 is 0 Å². The largest absolute Gasteiger partial charge is 0.360 e. The van der Waals surface area contributed by atoms with E-state index in [1.165, 1.54) is 12.0 Å². The molecule has 0 spiro atoms. The van der Waals surface area contributed by atoms with Gasteiger partial charge < -0.3 is 4.98 Å². The molecule has 2 nitrogen and oxygen atoms in total. The van der Waals surface area contributed by atoms with Crippen LogP contribution in [0.25, 0.3) is 10.9 Å². The molecule has 0 amide bonds. The lowest BCUT2D eigenvalue weighted by Gasteiger charge is -2.23. The topological polar surface area (TPSA) is 32.9 Å². The predicted octanol–water partition coefficient (Wildman–Crippen LogP) is 4.27. The first-order valence-electron chi connectivity index (χ1n) is 6.82. The van der Waals surface area contributed by atoms with Gasteiger partial charge in [0.25, 0.3) is 0 Å². The van der Waals surface area contributed by atoms with Gasteiger partial charge in [-0.15, -0.1) is 0 Å². The number of carbonyl (C=O) groups is 1. The van der Waals surface area contributed by atoms with Crippen LogP contribution in [-0.2, 0) is 0 Å². The lowest BCUT2D eigenvalue weighted by molar-refractivity contribution is 0.0857. The van der Waals surface area contributed by atoms with Crippen molar-refractivity contribution in [2.24, 2.45) is 5.92 Å². The van der Waals surface area contributed by atoms with Crippen LogP contribution < -0.4 is 0 Å². The number of hydrogen-bond donors (Lipinski definition) is 1. The van der Waals surface area contributed by atoms with E-state index in [2.05, 4.69) is 37.0 Å². The Hall–Kier alpha value is -1.57. The molecular formula is C16H19NO. The van der Waals surface area contributed by atoms with Crippen LogP contribution in [-0.4, -0.2) is 10.8 Å². The van der Waals surface area contributed by atoms with E-state index in [-0.39, 0.29) is 5.92 Å². The molecule has 18 heavy (non-hydrogen) atoms. The van der Waals surface area contributed by atoms with Crippen LogP contribution in [0, 0.1) is 5.92 Å². The van der Waals surface area contributed by atoms with Crippen molar-refractivity contribution in [3.63, 3.8) is 0 Å². The van der Waals surface area contributed by atoms with Crippen molar-refractivity contribution < 1.29 is 4.79 Å². The van der Waals surface area contributed by atoms with Crippen molar-refractivity contribution in [1.29, 1.82) is 0 Å². The van der Waals surface area contributed by atoms with E-state index in [1.807, 2.05) is 6.20 Å². The molecule has 94 valence electrons. The number of benzene rings is 1. The number of hydrogen-bond acceptors (Lipinski definition) is 1. The maximum Gasteiger partial charge on any atom is 0.168 e. The monoisotopic (exact) mass is 241 g/mol. The molecule has 1 aromatic heterocycles. The van der Waals surface area contributed by atoms with E-state index in [0.717, 1.165) is 29.3 Å². The molecule has 0 radical (unpaired) electrons. The van der Waals surface area contributed by atoms with Crippen LogP contribution in [0.4, 0.5) is 0 Å². The Morgan fingerprint density at radius 3 is 2.72 bits per heavy atom. The molecule has 0 atom stereocenters. The van der Waals surface area contributed by atoms with Crippen molar-refractivity contribution in [1.82, 2.24) is 4.98 Å². The van der Waals surface area contributed by atoms with Crippen LogP contribution in [0.5, 0.6) is 0 Å². The Kier molecular flexibility index (Phi) is 2.73. The molecule has 1 saturated carbocycles. The molecule has 1 aliphatic carbocycles. The molecule has 2 aromatic rings. The number of ketones is 1. The van der Waals surface area contributed by atoms with Gasteiger partial charge in [-0.25, -0.2) is 0 Å². The van der Waals surface area contributed by atoms with Crippen LogP contribution >= 0.6 is 0 Å². The van der Waals surface area contributed by atoms with Gasteiger partial charge >= 0.3 is 0 Å². The zero-order valence-corrected chi connectivity index (χ0v) is 11.0. The summed E-state index contributed by atoms with van der Waals surface area (Å²) in [5, 5.41) is 1.10. The lowest BCUT2D eigenvalue weighted by Crippen LogP contribution is -2.21. The molecular weight excluding hydrogens is 222 g/mol. The Labute approximate surface area is 107 Å². The van der Waals surface area contributed by atoms with Gasteiger partial charge in [-0.05, 0) is 36.5 Å². The highest BCUT2D eigenvalue weighted by Gasteiger charge is 2.27. The summed E-state index contributed by atoms with van der Waals surface area (Å²) in [5.74, 6) is 1.09. The average molecular weight is 241 g/mol. The second-order valence-corrected chi connectivity index (χ2v) is 5.65. The van der Waals surface area contributed by atoms with Gasteiger partial charge in [-0.1, -0.05) is 26.3 Å². The summed E-state index contributed by atoms with van der Waals surface area (Å²) in [4.78, 5) is 15.6. The zero-order valence-electron chi connectivity index (χ0n) is 11.0. The summed E-state index contributed by atoms with van der Waals surface area (Å²) in [7, 11) is 0. The molecule has 0 saturated heterocycles. The number of fused-ring (bicyclic) bond motifs is 1. The summed E-state index contributed by atoms with van der Waals surface area (Å²) < 4.78 is 0. The molecule has 0 unspecified atom stereocenters. The number of H-pyrrole nitrogens is 1. The third kappa shape index (κ3) is 1.76. The van der Waals surface area contributed by atoms with Gasteiger partial charge in [0.05, 0.1) is 0 Å². The first-order valence-corrected chi connectivity index (χ1v) is 6.82. The maximum absolute atomic E-state index is 12.4. The van der Waals surface area contributed by atoms with Crippen molar-refractivity contribution in [3.8, 4) is 0 Å². The highest BCUT2D eigenvalue weighted by atomic mass is 16.1. The van der Waals surface area contributed by atoms with E-state index in [1.54, 1.807) is 0 Å². The molecule has 1 fully saturated rings. The number of rotatable bonds is 3. The SMILES string of the molecule is CC(C)c1ccc2[nH]cc(C(=O)C3CCC3)c2c1. The van der Waals surface area contributed by atoms with Crippen molar-refractivity contribution in [3.05, 3.63) is 35.5 Å². The Morgan fingerprint density at radius 1 is 1.33 bits per heavy atom. The van der Waals surface area contributed by atoms with Crippen molar-refractivity contribution >= 4 is 16.7 Å².